The molecule has 0 spiro atoms. The number of rotatable bonds is 3. The average Bonchev–Trinajstić information content (AvgIpc) is 2.44. The maximum Gasteiger partial charge on any atom is 0.225 e. The van der Waals surface area contributed by atoms with Gasteiger partial charge >= 0.3 is 0 Å². The molecule has 2 rings (SSSR count). The Hall–Kier alpha value is -1.57. The molecule has 0 bridgehead atoms. The lowest BCUT2D eigenvalue weighted by Gasteiger charge is -2.36. The van der Waals surface area contributed by atoms with Crippen LogP contribution in [0.25, 0.3) is 0 Å². The van der Waals surface area contributed by atoms with E-state index in [4.69, 9.17) is 11.6 Å². The van der Waals surface area contributed by atoms with E-state index in [1.54, 1.807) is 6.07 Å². The number of hydrogen-bond donors (Lipinski definition) is 1. The predicted molar refractivity (Wildman–Crippen MR) is 78.4 cm³/mol. The van der Waals surface area contributed by atoms with E-state index in [0.717, 1.165) is 18.7 Å². The molecule has 1 aromatic rings. The van der Waals surface area contributed by atoms with Gasteiger partial charge in [-0.3, -0.25) is 4.79 Å². The summed E-state index contributed by atoms with van der Waals surface area (Å²) in [5, 5.41) is 12.9. The highest BCUT2D eigenvalue weighted by molar-refractivity contribution is 6.31. The first kappa shape index (κ1) is 14.8. The van der Waals surface area contributed by atoms with Crippen molar-refractivity contribution >= 4 is 17.5 Å². The minimum absolute atomic E-state index is 0.149. The summed E-state index contributed by atoms with van der Waals surface area (Å²) in [7, 11) is 2.02. The highest BCUT2D eigenvalue weighted by atomic mass is 35.5. The molecule has 1 fully saturated rings. The van der Waals surface area contributed by atoms with Crippen molar-refractivity contribution in [2.45, 2.75) is 24.8 Å². The summed E-state index contributed by atoms with van der Waals surface area (Å²) >= 11 is 6.05. The molecule has 20 heavy (non-hydrogen) atoms. The Bertz CT molecular complexity index is 530. The third-order valence-corrected chi connectivity index (χ3v) is 4.11. The Balaban J connectivity index is 2.00. The molecule has 1 aliphatic rings. The first-order chi connectivity index (χ1) is 9.54. The Morgan fingerprint density at radius 2 is 2.10 bits per heavy atom. The normalized spacial score (nSPS) is 18.2. The van der Waals surface area contributed by atoms with Crippen molar-refractivity contribution in [2.75, 3.05) is 20.1 Å². The van der Waals surface area contributed by atoms with E-state index in [1.165, 1.54) is 0 Å². The van der Waals surface area contributed by atoms with E-state index < -0.39 is 5.54 Å². The van der Waals surface area contributed by atoms with Crippen LogP contribution in [-0.2, 0) is 11.2 Å². The quantitative estimate of drug-likeness (QED) is 0.926. The van der Waals surface area contributed by atoms with Gasteiger partial charge in [-0.25, -0.2) is 0 Å². The third-order valence-electron chi connectivity index (χ3n) is 3.74. The molecular weight excluding hydrogens is 274 g/mol. The molecule has 1 amide bonds. The van der Waals surface area contributed by atoms with Crippen molar-refractivity contribution in [3.8, 4) is 6.07 Å². The first-order valence-corrected chi connectivity index (χ1v) is 7.07. The Morgan fingerprint density at radius 3 is 2.70 bits per heavy atom. The molecule has 0 aromatic heterocycles. The molecule has 106 valence electrons. The molecule has 1 heterocycles. The lowest BCUT2D eigenvalue weighted by Crippen LogP contribution is -2.54. The van der Waals surface area contributed by atoms with Gasteiger partial charge in [-0.15, -0.1) is 0 Å². The maximum atomic E-state index is 12.1. The number of halogens is 1. The number of hydrogen-bond acceptors (Lipinski definition) is 3. The van der Waals surface area contributed by atoms with Gasteiger partial charge in [-0.1, -0.05) is 29.8 Å². The molecule has 1 saturated heterocycles. The Kier molecular flexibility index (Phi) is 4.64. The summed E-state index contributed by atoms with van der Waals surface area (Å²) in [6.45, 7) is 1.64. The van der Waals surface area contributed by atoms with Crippen molar-refractivity contribution in [3.63, 3.8) is 0 Å². The Labute approximate surface area is 124 Å². The standard InChI is InChI=1S/C15H18ClN3O/c1-19-8-6-15(11-17,7-9-19)18-14(20)10-12-4-2-3-5-13(12)16/h2-5H,6-10H2,1H3,(H,18,20). The summed E-state index contributed by atoms with van der Waals surface area (Å²) in [5.74, 6) is -0.149. The van der Waals surface area contributed by atoms with Crippen LogP contribution in [0.1, 0.15) is 18.4 Å². The molecule has 0 radical (unpaired) electrons. The predicted octanol–water partition coefficient (Wildman–Crippen LogP) is 1.99. The van der Waals surface area contributed by atoms with Crippen molar-refractivity contribution in [3.05, 3.63) is 34.9 Å². The van der Waals surface area contributed by atoms with E-state index in [-0.39, 0.29) is 12.3 Å². The maximum absolute atomic E-state index is 12.1. The lowest BCUT2D eigenvalue weighted by molar-refractivity contribution is -0.122. The van der Waals surface area contributed by atoms with Gasteiger partial charge in [0.2, 0.25) is 5.91 Å². The number of carbonyl (C=O) groups excluding carboxylic acids is 1. The van der Waals surface area contributed by atoms with Crippen LogP contribution in [0.4, 0.5) is 0 Å². The molecular formula is C15H18ClN3O. The molecule has 0 unspecified atom stereocenters. The van der Waals surface area contributed by atoms with Gasteiger partial charge in [-0.05, 0) is 31.5 Å². The third kappa shape index (κ3) is 3.50. The van der Waals surface area contributed by atoms with E-state index >= 15 is 0 Å². The molecule has 1 aromatic carbocycles. The number of carbonyl (C=O) groups is 1. The van der Waals surface area contributed by atoms with E-state index in [2.05, 4.69) is 16.3 Å². The molecule has 0 aliphatic carbocycles. The van der Waals surface area contributed by atoms with Gasteiger partial charge in [0.15, 0.2) is 0 Å². The zero-order valence-corrected chi connectivity index (χ0v) is 12.3. The van der Waals surface area contributed by atoms with Gasteiger partial charge in [0.25, 0.3) is 0 Å². The lowest BCUT2D eigenvalue weighted by atomic mass is 9.89. The van der Waals surface area contributed by atoms with Gasteiger partial charge in [0, 0.05) is 18.1 Å². The van der Waals surface area contributed by atoms with Crippen LogP contribution in [0.5, 0.6) is 0 Å². The molecule has 1 aliphatic heterocycles. The fraction of sp³-hybridized carbons (Fsp3) is 0.467. The van der Waals surface area contributed by atoms with Crippen LogP contribution in [0, 0.1) is 11.3 Å². The second-order valence-electron chi connectivity index (χ2n) is 5.31. The van der Waals surface area contributed by atoms with Crippen LogP contribution in [-0.4, -0.2) is 36.5 Å². The average molecular weight is 292 g/mol. The zero-order chi connectivity index (χ0) is 14.6. The summed E-state index contributed by atoms with van der Waals surface area (Å²) in [4.78, 5) is 14.3. The number of nitrogens with one attached hydrogen (secondary N) is 1. The minimum Gasteiger partial charge on any atom is -0.337 e. The number of likely N-dealkylation sites (tertiary alicyclic amines) is 1. The van der Waals surface area contributed by atoms with Crippen molar-refractivity contribution in [2.24, 2.45) is 0 Å². The van der Waals surface area contributed by atoms with Crippen LogP contribution >= 0.6 is 11.6 Å². The number of piperidine rings is 1. The van der Waals surface area contributed by atoms with Crippen molar-refractivity contribution < 1.29 is 4.79 Å². The van der Waals surface area contributed by atoms with Crippen LogP contribution < -0.4 is 5.32 Å². The molecule has 4 nitrogen and oxygen atoms in total. The summed E-state index contributed by atoms with van der Waals surface area (Å²) in [6.07, 6.45) is 1.53. The van der Waals surface area contributed by atoms with E-state index in [0.29, 0.717) is 17.9 Å². The van der Waals surface area contributed by atoms with Crippen LogP contribution in [0.3, 0.4) is 0 Å². The second-order valence-corrected chi connectivity index (χ2v) is 5.72. The monoisotopic (exact) mass is 291 g/mol. The summed E-state index contributed by atoms with van der Waals surface area (Å²) in [5.41, 5.74) is 0.0536. The molecule has 0 saturated carbocycles. The number of nitriles is 1. The van der Waals surface area contributed by atoms with Crippen molar-refractivity contribution in [1.82, 2.24) is 10.2 Å². The SMILES string of the molecule is CN1CCC(C#N)(NC(=O)Cc2ccccc2Cl)CC1. The fourth-order valence-corrected chi connectivity index (χ4v) is 2.59. The first-order valence-electron chi connectivity index (χ1n) is 6.69. The number of benzene rings is 1. The minimum atomic E-state index is -0.731. The summed E-state index contributed by atoms with van der Waals surface area (Å²) < 4.78 is 0. The van der Waals surface area contributed by atoms with Gasteiger partial charge in [-0.2, -0.15) is 5.26 Å². The smallest absolute Gasteiger partial charge is 0.225 e. The highest BCUT2D eigenvalue weighted by Gasteiger charge is 2.35. The van der Waals surface area contributed by atoms with E-state index in [1.807, 2.05) is 25.2 Å². The molecule has 0 atom stereocenters. The van der Waals surface area contributed by atoms with E-state index in [9.17, 15) is 10.1 Å². The van der Waals surface area contributed by atoms with Crippen molar-refractivity contribution in [1.29, 1.82) is 5.26 Å². The molecule has 5 heteroatoms. The van der Waals surface area contributed by atoms with Crippen LogP contribution in [0.2, 0.25) is 5.02 Å². The van der Waals surface area contributed by atoms with Gasteiger partial charge in [0.05, 0.1) is 12.5 Å². The highest BCUT2D eigenvalue weighted by Crippen LogP contribution is 2.21. The Morgan fingerprint density at radius 1 is 1.45 bits per heavy atom. The fourth-order valence-electron chi connectivity index (χ4n) is 2.39. The number of nitrogens with zero attached hydrogens (tertiary/aromatic N) is 2. The number of amides is 1. The van der Waals surface area contributed by atoms with Crippen LogP contribution in [0.15, 0.2) is 24.3 Å². The van der Waals surface area contributed by atoms with Gasteiger partial charge < -0.3 is 10.2 Å². The summed E-state index contributed by atoms with van der Waals surface area (Å²) in [6, 6.07) is 9.55. The second kappa shape index (κ2) is 6.25. The van der Waals surface area contributed by atoms with Gasteiger partial charge in [0.1, 0.15) is 5.54 Å². The topological polar surface area (TPSA) is 56.1 Å². The molecule has 1 N–H and O–H groups in total. The zero-order valence-electron chi connectivity index (χ0n) is 11.5. The largest absolute Gasteiger partial charge is 0.337 e.